The Morgan fingerprint density at radius 2 is 1.83 bits per heavy atom. The number of carboxylic acid groups (broad SMARTS) is 1. The lowest BCUT2D eigenvalue weighted by molar-refractivity contribution is -0.307. The van der Waals surface area contributed by atoms with Crippen molar-refractivity contribution < 1.29 is 14.7 Å². The number of carbonyl (C=O) groups is 2. The molecule has 1 heterocycles. The zero-order valence-corrected chi connectivity index (χ0v) is 10.6. The van der Waals surface area contributed by atoms with Gasteiger partial charge < -0.3 is 9.90 Å². The van der Waals surface area contributed by atoms with Gasteiger partial charge in [0.15, 0.2) is 0 Å². The third-order valence-corrected chi connectivity index (χ3v) is 3.64. The summed E-state index contributed by atoms with van der Waals surface area (Å²) in [6.45, 7) is 1.56. The molecule has 0 aliphatic rings. The van der Waals surface area contributed by atoms with Crippen molar-refractivity contribution in [1.29, 1.82) is 0 Å². The Balaban J connectivity index is 2.23. The van der Waals surface area contributed by atoms with E-state index in [4.69, 9.17) is 0 Å². The van der Waals surface area contributed by atoms with Crippen molar-refractivity contribution in [3.05, 3.63) is 57.8 Å². The summed E-state index contributed by atoms with van der Waals surface area (Å²) in [6.07, 6.45) is 0. The highest BCUT2D eigenvalue weighted by atomic mass is 32.1. The molecule has 4 heteroatoms. The Bertz CT molecular complexity index is 555. The first-order valence-corrected chi connectivity index (χ1v) is 6.36. The predicted octanol–water partition coefficient (Wildman–Crippen LogP) is 1.83. The van der Waals surface area contributed by atoms with Gasteiger partial charge in [0.1, 0.15) is 0 Å². The molecule has 2 rings (SSSR count). The largest absolute Gasteiger partial charge is 0.550 e. The van der Waals surface area contributed by atoms with E-state index < -0.39 is 11.9 Å². The number of carboxylic acids is 1. The van der Waals surface area contributed by atoms with E-state index in [0.29, 0.717) is 16.0 Å². The predicted molar refractivity (Wildman–Crippen MR) is 67.6 cm³/mol. The molecule has 2 aromatic rings. The highest BCUT2D eigenvalue weighted by Gasteiger charge is 2.11. The van der Waals surface area contributed by atoms with Crippen molar-refractivity contribution in [2.75, 3.05) is 0 Å². The summed E-state index contributed by atoms with van der Waals surface area (Å²) in [7, 11) is 0. The molecule has 0 aliphatic heterocycles. The van der Waals surface area contributed by atoms with Gasteiger partial charge in [0.2, 0.25) is 5.78 Å². The van der Waals surface area contributed by atoms with Crippen LogP contribution in [0, 0.1) is 0 Å². The van der Waals surface area contributed by atoms with Gasteiger partial charge in [-0.25, -0.2) is 0 Å². The maximum atomic E-state index is 12.0. The molecule has 0 fully saturated rings. The average Bonchev–Trinajstić information content (AvgIpc) is 2.91. The Morgan fingerprint density at radius 3 is 2.33 bits per heavy atom. The number of hydrogen-bond donors (Lipinski definition) is 0. The lowest BCUT2D eigenvalue weighted by atomic mass is 9.99. The molecule has 0 radical (unpaired) electrons. The van der Waals surface area contributed by atoms with Crippen LogP contribution in [0.5, 0.6) is 0 Å². The first-order chi connectivity index (χ1) is 8.59. The monoisotopic (exact) mass is 259 g/mol. The number of thiophene rings is 1. The summed E-state index contributed by atoms with van der Waals surface area (Å²) < 4.78 is 0. The summed E-state index contributed by atoms with van der Waals surface area (Å²) in [5.41, 5.74) is 1.20. The van der Waals surface area contributed by atoms with Crippen LogP contribution < -0.4 is 5.11 Å². The summed E-state index contributed by atoms with van der Waals surface area (Å²) >= 11 is 1.39. The Labute approximate surface area is 109 Å². The van der Waals surface area contributed by atoms with E-state index in [1.165, 1.54) is 11.3 Å². The quantitative estimate of drug-likeness (QED) is 0.787. The van der Waals surface area contributed by atoms with E-state index in [9.17, 15) is 14.7 Å². The molecule has 0 N–H and O–H groups in total. The molecule has 18 heavy (non-hydrogen) atoms. The van der Waals surface area contributed by atoms with Crippen molar-refractivity contribution >= 4 is 23.1 Å². The Kier molecular flexibility index (Phi) is 3.58. The molecule has 0 saturated carbocycles. The van der Waals surface area contributed by atoms with Gasteiger partial charge in [-0.2, -0.15) is 0 Å². The molecule has 0 spiro atoms. The molecular weight excluding hydrogens is 248 g/mol. The summed E-state index contributed by atoms with van der Waals surface area (Å²) in [6, 6.07) is 10.2. The molecule has 0 aliphatic carbocycles. The minimum atomic E-state index is -1.12. The zero-order valence-electron chi connectivity index (χ0n) is 9.75. The molecule has 0 unspecified atom stereocenters. The van der Waals surface area contributed by atoms with Crippen LogP contribution in [-0.2, 0) is 4.79 Å². The molecule has 0 bridgehead atoms. The Hall–Kier alpha value is -1.94. The summed E-state index contributed by atoms with van der Waals surface area (Å²) in [5, 5.41) is 12.6. The van der Waals surface area contributed by atoms with Crippen LogP contribution in [0.1, 0.15) is 33.6 Å². The molecule has 92 valence electrons. The van der Waals surface area contributed by atoms with Crippen molar-refractivity contribution in [3.63, 3.8) is 0 Å². The van der Waals surface area contributed by atoms with Crippen LogP contribution in [0.15, 0.2) is 41.8 Å². The lowest BCUT2D eigenvalue weighted by Gasteiger charge is -2.12. The van der Waals surface area contributed by atoms with Crippen LogP contribution in [0.2, 0.25) is 0 Å². The van der Waals surface area contributed by atoms with E-state index in [-0.39, 0.29) is 5.78 Å². The smallest absolute Gasteiger partial charge is 0.202 e. The fourth-order valence-corrected chi connectivity index (χ4v) is 2.30. The molecule has 0 amide bonds. The van der Waals surface area contributed by atoms with Crippen molar-refractivity contribution in [2.24, 2.45) is 0 Å². The first kappa shape index (κ1) is 12.5. The van der Waals surface area contributed by atoms with Crippen LogP contribution in [0.4, 0.5) is 0 Å². The molecular formula is C14H11O3S-. The molecule has 1 aromatic carbocycles. The fourth-order valence-electron chi connectivity index (χ4n) is 1.61. The van der Waals surface area contributed by atoms with Gasteiger partial charge in [0.05, 0.1) is 4.88 Å². The van der Waals surface area contributed by atoms with E-state index in [1.807, 2.05) is 11.4 Å². The number of ketones is 1. The lowest BCUT2D eigenvalue weighted by Crippen LogP contribution is -2.27. The highest BCUT2D eigenvalue weighted by molar-refractivity contribution is 7.12. The van der Waals surface area contributed by atoms with Gasteiger partial charge in [0.25, 0.3) is 0 Å². The van der Waals surface area contributed by atoms with Gasteiger partial charge in [-0.05, 0) is 17.0 Å². The van der Waals surface area contributed by atoms with Crippen LogP contribution >= 0.6 is 11.3 Å². The SMILES string of the molecule is C[C@H](C(=O)[O-])c1ccc(C(=O)c2cccs2)cc1. The number of rotatable bonds is 4. The minimum Gasteiger partial charge on any atom is -0.550 e. The topological polar surface area (TPSA) is 57.2 Å². The molecule has 1 aromatic heterocycles. The number of hydrogen-bond acceptors (Lipinski definition) is 4. The minimum absolute atomic E-state index is 0.0438. The van der Waals surface area contributed by atoms with E-state index in [2.05, 4.69) is 0 Å². The molecule has 0 saturated heterocycles. The maximum Gasteiger partial charge on any atom is 0.202 e. The van der Waals surface area contributed by atoms with Gasteiger partial charge in [-0.1, -0.05) is 37.3 Å². The zero-order chi connectivity index (χ0) is 13.1. The van der Waals surface area contributed by atoms with Crippen LogP contribution in [0.25, 0.3) is 0 Å². The third-order valence-electron chi connectivity index (χ3n) is 2.77. The summed E-state index contributed by atoms with van der Waals surface area (Å²) in [4.78, 5) is 23.4. The highest BCUT2D eigenvalue weighted by Crippen LogP contribution is 2.19. The number of benzene rings is 1. The number of aliphatic carboxylic acids is 1. The normalized spacial score (nSPS) is 12.1. The second kappa shape index (κ2) is 5.14. The van der Waals surface area contributed by atoms with Gasteiger partial charge >= 0.3 is 0 Å². The maximum absolute atomic E-state index is 12.0. The molecule has 3 nitrogen and oxygen atoms in total. The number of carbonyl (C=O) groups excluding carboxylic acids is 2. The van der Waals surface area contributed by atoms with Crippen LogP contribution in [-0.4, -0.2) is 11.8 Å². The van der Waals surface area contributed by atoms with Gasteiger partial charge in [-0.15, -0.1) is 11.3 Å². The second-order valence-corrected chi connectivity index (χ2v) is 4.92. The van der Waals surface area contributed by atoms with Crippen molar-refractivity contribution in [1.82, 2.24) is 0 Å². The fraction of sp³-hybridized carbons (Fsp3) is 0.143. The van der Waals surface area contributed by atoms with E-state index in [1.54, 1.807) is 37.3 Å². The third kappa shape index (κ3) is 2.49. The Morgan fingerprint density at radius 1 is 1.17 bits per heavy atom. The van der Waals surface area contributed by atoms with E-state index in [0.717, 1.165) is 0 Å². The van der Waals surface area contributed by atoms with Crippen LogP contribution in [0.3, 0.4) is 0 Å². The summed E-state index contributed by atoms with van der Waals surface area (Å²) in [5.74, 6) is -1.83. The van der Waals surface area contributed by atoms with Crippen molar-refractivity contribution in [3.8, 4) is 0 Å². The van der Waals surface area contributed by atoms with Gasteiger partial charge in [-0.3, -0.25) is 4.79 Å². The molecule has 1 atom stereocenters. The standard InChI is InChI=1S/C14H12O3S/c1-9(14(16)17)10-4-6-11(7-5-10)13(15)12-3-2-8-18-12/h2-9H,1H3,(H,16,17)/p-1/t9-/m0/s1. The first-order valence-electron chi connectivity index (χ1n) is 5.48. The average molecular weight is 259 g/mol. The van der Waals surface area contributed by atoms with E-state index >= 15 is 0 Å². The van der Waals surface area contributed by atoms with Gasteiger partial charge in [0, 0.05) is 17.5 Å². The van der Waals surface area contributed by atoms with Crippen molar-refractivity contribution in [2.45, 2.75) is 12.8 Å². The second-order valence-electron chi connectivity index (χ2n) is 3.97.